The number of benzene rings is 1. The summed E-state index contributed by atoms with van der Waals surface area (Å²) >= 11 is 0. The van der Waals surface area contributed by atoms with E-state index in [2.05, 4.69) is 37.8 Å². The van der Waals surface area contributed by atoms with Gasteiger partial charge in [-0.1, -0.05) is 43.7 Å². The zero-order valence-corrected chi connectivity index (χ0v) is 8.87. The Hall–Kier alpha value is -1.08. The molecular formula is C13H19N. The molecule has 0 saturated heterocycles. The Morgan fingerprint density at radius 3 is 2.79 bits per heavy atom. The van der Waals surface area contributed by atoms with Crippen LogP contribution in [0.25, 0.3) is 0 Å². The number of nitrogens with two attached hydrogens (primary N) is 1. The minimum Gasteiger partial charge on any atom is -0.324 e. The first kappa shape index (κ1) is 11.0. The van der Waals surface area contributed by atoms with Crippen LogP contribution in [0.3, 0.4) is 0 Å². The summed E-state index contributed by atoms with van der Waals surface area (Å²) in [4.78, 5) is 0. The lowest BCUT2D eigenvalue weighted by molar-refractivity contribution is 0.724. The molecule has 1 aromatic rings. The highest BCUT2D eigenvalue weighted by Gasteiger charge is 2.07. The van der Waals surface area contributed by atoms with Gasteiger partial charge >= 0.3 is 0 Å². The van der Waals surface area contributed by atoms with Crippen molar-refractivity contribution in [2.24, 2.45) is 5.73 Å². The minimum absolute atomic E-state index is 0.107. The van der Waals surface area contributed by atoms with Crippen LogP contribution < -0.4 is 5.73 Å². The van der Waals surface area contributed by atoms with E-state index in [1.807, 2.05) is 6.08 Å². The van der Waals surface area contributed by atoms with Gasteiger partial charge in [-0.25, -0.2) is 0 Å². The smallest absolute Gasteiger partial charge is 0.0332 e. The maximum Gasteiger partial charge on any atom is 0.0332 e. The number of rotatable bonds is 5. The zero-order chi connectivity index (χ0) is 10.4. The van der Waals surface area contributed by atoms with E-state index in [4.69, 9.17) is 5.73 Å². The molecule has 2 N–H and O–H groups in total. The Morgan fingerprint density at radius 1 is 1.43 bits per heavy atom. The van der Waals surface area contributed by atoms with E-state index in [-0.39, 0.29) is 6.04 Å². The summed E-state index contributed by atoms with van der Waals surface area (Å²) in [6.07, 6.45) is 5.01. The second-order valence-corrected chi connectivity index (χ2v) is 3.58. The normalized spacial score (nSPS) is 12.4. The topological polar surface area (TPSA) is 26.0 Å². The summed E-state index contributed by atoms with van der Waals surface area (Å²) in [7, 11) is 0. The fraction of sp³-hybridized carbons (Fsp3) is 0.385. The molecule has 0 aliphatic heterocycles. The Kier molecular flexibility index (Phi) is 4.41. The van der Waals surface area contributed by atoms with E-state index < -0.39 is 0 Å². The number of hydrogen-bond acceptors (Lipinski definition) is 1. The summed E-state index contributed by atoms with van der Waals surface area (Å²) < 4.78 is 0. The highest BCUT2D eigenvalue weighted by atomic mass is 14.6. The summed E-state index contributed by atoms with van der Waals surface area (Å²) in [5.74, 6) is 0. The molecule has 1 rings (SSSR count). The van der Waals surface area contributed by atoms with Gasteiger partial charge in [-0.2, -0.15) is 0 Å². The van der Waals surface area contributed by atoms with Crippen LogP contribution in [-0.4, -0.2) is 0 Å². The van der Waals surface area contributed by atoms with E-state index in [0.29, 0.717) is 0 Å². The molecule has 1 atom stereocenters. The molecule has 0 spiro atoms. The Bertz CT molecular complexity index is 291. The molecule has 1 heteroatoms. The predicted octanol–water partition coefficient (Wildman–Crippen LogP) is 3.22. The lowest BCUT2D eigenvalue weighted by Crippen LogP contribution is -2.11. The molecule has 1 nitrogen and oxygen atoms in total. The monoisotopic (exact) mass is 189 g/mol. The van der Waals surface area contributed by atoms with Crippen molar-refractivity contribution in [3.63, 3.8) is 0 Å². The fourth-order valence-electron chi connectivity index (χ4n) is 1.70. The molecule has 0 heterocycles. The average molecular weight is 189 g/mol. The molecule has 0 bridgehead atoms. The van der Waals surface area contributed by atoms with E-state index in [1.54, 1.807) is 0 Å². The van der Waals surface area contributed by atoms with Crippen molar-refractivity contribution in [3.05, 3.63) is 48.0 Å². The lowest BCUT2D eigenvalue weighted by atomic mass is 9.96. The second kappa shape index (κ2) is 5.61. The molecule has 14 heavy (non-hydrogen) atoms. The van der Waals surface area contributed by atoms with Crippen LogP contribution >= 0.6 is 0 Å². The van der Waals surface area contributed by atoms with Crippen LogP contribution in [0.5, 0.6) is 0 Å². The van der Waals surface area contributed by atoms with Crippen LogP contribution in [-0.2, 0) is 6.42 Å². The van der Waals surface area contributed by atoms with Crippen molar-refractivity contribution in [1.82, 2.24) is 0 Å². The fourth-order valence-corrected chi connectivity index (χ4v) is 1.70. The van der Waals surface area contributed by atoms with Gasteiger partial charge in [0, 0.05) is 6.04 Å². The van der Waals surface area contributed by atoms with Gasteiger partial charge in [-0.15, -0.1) is 6.58 Å². The third kappa shape index (κ3) is 2.71. The first-order valence-corrected chi connectivity index (χ1v) is 5.23. The second-order valence-electron chi connectivity index (χ2n) is 3.58. The van der Waals surface area contributed by atoms with Gasteiger partial charge in [-0.3, -0.25) is 0 Å². The predicted molar refractivity (Wildman–Crippen MR) is 62.2 cm³/mol. The third-order valence-corrected chi connectivity index (χ3v) is 2.39. The van der Waals surface area contributed by atoms with Gasteiger partial charge in [0.2, 0.25) is 0 Å². The average Bonchev–Trinajstić information content (AvgIpc) is 2.19. The van der Waals surface area contributed by atoms with Crippen molar-refractivity contribution in [2.75, 3.05) is 0 Å². The molecule has 0 aromatic heterocycles. The van der Waals surface area contributed by atoms with Crippen LogP contribution in [0.4, 0.5) is 0 Å². The molecule has 0 aliphatic carbocycles. The molecule has 0 saturated carbocycles. The molecule has 1 aromatic carbocycles. The van der Waals surface area contributed by atoms with Crippen molar-refractivity contribution >= 4 is 0 Å². The molecule has 1 unspecified atom stereocenters. The SMILES string of the molecule is C=CCC(N)c1ccccc1CCC. The Labute approximate surface area is 86.6 Å². The van der Waals surface area contributed by atoms with Gasteiger partial charge < -0.3 is 5.73 Å². The Balaban J connectivity index is 2.87. The van der Waals surface area contributed by atoms with Crippen molar-refractivity contribution in [3.8, 4) is 0 Å². The van der Waals surface area contributed by atoms with E-state index >= 15 is 0 Å². The van der Waals surface area contributed by atoms with Crippen molar-refractivity contribution < 1.29 is 0 Å². The Morgan fingerprint density at radius 2 is 2.14 bits per heavy atom. The van der Waals surface area contributed by atoms with Gasteiger partial charge in [0.25, 0.3) is 0 Å². The highest BCUT2D eigenvalue weighted by Crippen LogP contribution is 2.20. The molecule has 76 valence electrons. The van der Waals surface area contributed by atoms with Gasteiger partial charge in [0.1, 0.15) is 0 Å². The van der Waals surface area contributed by atoms with Gasteiger partial charge in [0.15, 0.2) is 0 Å². The minimum atomic E-state index is 0.107. The molecular weight excluding hydrogens is 170 g/mol. The summed E-state index contributed by atoms with van der Waals surface area (Å²) in [5.41, 5.74) is 8.72. The van der Waals surface area contributed by atoms with Crippen molar-refractivity contribution in [1.29, 1.82) is 0 Å². The third-order valence-electron chi connectivity index (χ3n) is 2.39. The highest BCUT2D eigenvalue weighted by molar-refractivity contribution is 5.30. The number of hydrogen-bond donors (Lipinski definition) is 1. The maximum absolute atomic E-state index is 6.07. The van der Waals surface area contributed by atoms with E-state index in [0.717, 1.165) is 19.3 Å². The number of aryl methyl sites for hydroxylation is 1. The van der Waals surface area contributed by atoms with Crippen LogP contribution in [0, 0.1) is 0 Å². The largest absolute Gasteiger partial charge is 0.324 e. The summed E-state index contributed by atoms with van der Waals surface area (Å²) in [5, 5.41) is 0. The van der Waals surface area contributed by atoms with Crippen LogP contribution in [0.15, 0.2) is 36.9 Å². The van der Waals surface area contributed by atoms with Gasteiger partial charge in [-0.05, 0) is 24.0 Å². The van der Waals surface area contributed by atoms with Crippen molar-refractivity contribution in [2.45, 2.75) is 32.2 Å². The standard InChI is InChI=1S/C13H19N/c1-3-7-11-9-5-6-10-12(11)13(14)8-4-2/h4-6,9-10,13H,2-3,7-8,14H2,1H3. The maximum atomic E-state index is 6.07. The van der Waals surface area contributed by atoms with E-state index in [9.17, 15) is 0 Å². The first-order chi connectivity index (χ1) is 6.79. The molecule has 0 amide bonds. The molecule has 0 radical (unpaired) electrons. The quantitative estimate of drug-likeness (QED) is 0.707. The molecule has 0 aliphatic rings. The van der Waals surface area contributed by atoms with Gasteiger partial charge in [0.05, 0.1) is 0 Å². The molecule has 0 fully saturated rings. The zero-order valence-electron chi connectivity index (χ0n) is 8.87. The van der Waals surface area contributed by atoms with E-state index in [1.165, 1.54) is 11.1 Å². The first-order valence-electron chi connectivity index (χ1n) is 5.23. The van der Waals surface area contributed by atoms with Crippen LogP contribution in [0.2, 0.25) is 0 Å². The van der Waals surface area contributed by atoms with Crippen LogP contribution in [0.1, 0.15) is 36.9 Å². The lowest BCUT2D eigenvalue weighted by Gasteiger charge is -2.14. The summed E-state index contributed by atoms with van der Waals surface area (Å²) in [6.45, 7) is 5.91. The summed E-state index contributed by atoms with van der Waals surface area (Å²) in [6, 6.07) is 8.53.